The normalized spacial score (nSPS) is 10.8. The van der Waals surface area contributed by atoms with Crippen LogP contribution in [0.3, 0.4) is 0 Å². The van der Waals surface area contributed by atoms with E-state index in [0.29, 0.717) is 5.69 Å². The van der Waals surface area contributed by atoms with Gasteiger partial charge in [-0.1, -0.05) is 15.9 Å². The van der Waals surface area contributed by atoms with E-state index in [9.17, 15) is 4.79 Å². The lowest BCUT2D eigenvalue weighted by molar-refractivity contribution is -0.0762. The van der Waals surface area contributed by atoms with Crippen LogP contribution < -0.4 is 0 Å². The molecule has 0 atom stereocenters. The van der Waals surface area contributed by atoms with Gasteiger partial charge in [0, 0.05) is 29.5 Å². The predicted molar refractivity (Wildman–Crippen MR) is 69.7 cm³/mol. The third-order valence-electron chi connectivity index (χ3n) is 2.78. The summed E-state index contributed by atoms with van der Waals surface area (Å²) in [6.45, 7) is 0. The minimum absolute atomic E-state index is 0.165. The molecule has 0 saturated heterocycles. The molecule has 1 amide bonds. The Labute approximate surface area is 108 Å². The molecule has 5 heteroatoms. The third kappa shape index (κ3) is 2.08. The number of carbonyl (C=O) groups excluding carboxylic acids is 1. The molecule has 0 unspecified atom stereocenters. The quantitative estimate of drug-likeness (QED) is 0.798. The number of hydrogen-bond acceptors (Lipinski definition) is 2. The lowest BCUT2D eigenvalue weighted by Gasteiger charge is -2.13. The smallest absolute Gasteiger partial charge is 0.293 e. The van der Waals surface area contributed by atoms with Gasteiger partial charge in [-0.05, 0) is 24.3 Å². The molecule has 90 valence electrons. The van der Waals surface area contributed by atoms with E-state index in [0.717, 1.165) is 15.4 Å². The van der Waals surface area contributed by atoms with Crippen LogP contribution in [0.15, 0.2) is 28.7 Å². The minimum atomic E-state index is -0.165. The highest BCUT2D eigenvalue weighted by Crippen LogP contribution is 2.23. The van der Waals surface area contributed by atoms with Gasteiger partial charge in [0.15, 0.2) is 0 Å². The van der Waals surface area contributed by atoms with Crippen molar-refractivity contribution in [1.29, 1.82) is 0 Å². The first kappa shape index (κ1) is 12.1. The van der Waals surface area contributed by atoms with Gasteiger partial charge in [-0.2, -0.15) is 0 Å². The van der Waals surface area contributed by atoms with E-state index in [4.69, 9.17) is 4.84 Å². The fourth-order valence-electron chi connectivity index (χ4n) is 1.77. The van der Waals surface area contributed by atoms with Gasteiger partial charge in [-0.3, -0.25) is 9.63 Å². The molecule has 0 N–H and O–H groups in total. The molecule has 0 fully saturated rings. The number of carbonyl (C=O) groups is 1. The van der Waals surface area contributed by atoms with Crippen molar-refractivity contribution in [3.8, 4) is 0 Å². The standard InChI is InChI=1S/C12H13BrN2O2/c1-14-10-5-4-9(13)6-8(10)7-11(14)12(16)15(2)17-3/h4-7H,1-3H3. The van der Waals surface area contributed by atoms with Crippen molar-refractivity contribution in [3.63, 3.8) is 0 Å². The van der Waals surface area contributed by atoms with E-state index in [2.05, 4.69) is 15.9 Å². The van der Waals surface area contributed by atoms with Crippen molar-refractivity contribution in [2.24, 2.45) is 7.05 Å². The highest BCUT2D eigenvalue weighted by atomic mass is 79.9. The van der Waals surface area contributed by atoms with Gasteiger partial charge >= 0.3 is 0 Å². The molecule has 1 heterocycles. The largest absolute Gasteiger partial charge is 0.340 e. The Morgan fingerprint density at radius 1 is 1.41 bits per heavy atom. The fourth-order valence-corrected chi connectivity index (χ4v) is 2.15. The van der Waals surface area contributed by atoms with Gasteiger partial charge in [0.1, 0.15) is 5.69 Å². The topological polar surface area (TPSA) is 34.5 Å². The van der Waals surface area contributed by atoms with Gasteiger partial charge in [0.25, 0.3) is 5.91 Å². The second-order valence-electron chi connectivity index (χ2n) is 3.78. The van der Waals surface area contributed by atoms with Crippen molar-refractivity contribution < 1.29 is 9.63 Å². The molecule has 0 aliphatic rings. The minimum Gasteiger partial charge on any atom is -0.340 e. The average Bonchev–Trinajstić information content (AvgIpc) is 2.64. The molecule has 0 radical (unpaired) electrons. The Kier molecular flexibility index (Phi) is 3.22. The third-order valence-corrected chi connectivity index (χ3v) is 3.28. The van der Waals surface area contributed by atoms with Crippen LogP contribution in [0, 0.1) is 0 Å². The van der Waals surface area contributed by atoms with Crippen molar-refractivity contribution in [3.05, 3.63) is 34.4 Å². The summed E-state index contributed by atoms with van der Waals surface area (Å²) in [6.07, 6.45) is 0. The van der Waals surface area contributed by atoms with Crippen LogP contribution in [0.1, 0.15) is 10.5 Å². The van der Waals surface area contributed by atoms with Gasteiger partial charge in [0.05, 0.1) is 7.11 Å². The van der Waals surface area contributed by atoms with Crippen LogP contribution >= 0.6 is 15.9 Å². The Bertz CT molecular complexity index is 577. The maximum absolute atomic E-state index is 12.0. The summed E-state index contributed by atoms with van der Waals surface area (Å²) in [5, 5.41) is 2.23. The summed E-state index contributed by atoms with van der Waals surface area (Å²) >= 11 is 3.42. The molecule has 17 heavy (non-hydrogen) atoms. The molecule has 0 aliphatic heterocycles. The molecule has 2 aromatic rings. The van der Waals surface area contributed by atoms with Crippen LogP contribution in [0.25, 0.3) is 10.9 Å². The molecule has 0 aliphatic carbocycles. The Balaban J connectivity index is 2.56. The highest BCUT2D eigenvalue weighted by molar-refractivity contribution is 9.10. The van der Waals surface area contributed by atoms with E-state index < -0.39 is 0 Å². The number of aromatic nitrogens is 1. The number of fused-ring (bicyclic) bond motifs is 1. The molecule has 1 aromatic carbocycles. The lowest BCUT2D eigenvalue weighted by atomic mass is 10.2. The first-order valence-corrected chi connectivity index (χ1v) is 5.91. The van der Waals surface area contributed by atoms with E-state index >= 15 is 0 Å². The first-order chi connectivity index (χ1) is 8.04. The van der Waals surface area contributed by atoms with E-state index in [1.807, 2.05) is 35.9 Å². The molecular formula is C12H13BrN2O2. The van der Waals surface area contributed by atoms with Crippen molar-refractivity contribution in [2.45, 2.75) is 0 Å². The summed E-state index contributed by atoms with van der Waals surface area (Å²) in [5.41, 5.74) is 1.61. The number of rotatable bonds is 2. The van der Waals surface area contributed by atoms with Crippen LogP contribution in [0.2, 0.25) is 0 Å². The number of aryl methyl sites for hydroxylation is 1. The first-order valence-electron chi connectivity index (χ1n) is 5.11. The molecular weight excluding hydrogens is 284 g/mol. The number of hydrogen-bond donors (Lipinski definition) is 0. The summed E-state index contributed by atoms with van der Waals surface area (Å²) in [7, 11) is 4.93. The molecule has 0 bridgehead atoms. The van der Waals surface area contributed by atoms with Gasteiger partial charge in [-0.25, -0.2) is 5.06 Å². The number of benzene rings is 1. The number of hydroxylamine groups is 2. The van der Waals surface area contributed by atoms with Crippen molar-refractivity contribution >= 4 is 32.7 Å². The number of nitrogens with zero attached hydrogens (tertiary/aromatic N) is 2. The van der Waals surface area contributed by atoms with Gasteiger partial charge < -0.3 is 4.57 Å². The van der Waals surface area contributed by atoms with Crippen LogP contribution in [0.5, 0.6) is 0 Å². The molecule has 1 aromatic heterocycles. The van der Waals surface area contributed by atoms with Gasteiger partial charge in [-0.15, -0.1) is 0 Å². The summed E-state index contributed by atoms with van der Waals surface area (Å²) in [5.74, 6) is -0.165. The lowest BCUT2D eigenvalue weighted by Crippen LogP contribution is -2.27. The number of amides is 1. The highest BCUT2D eigenvalue weighted by Gasteiger charge is 2.17. The zero-order valence-corrected chi connectivity index (χ0v) is 11.5. The molecule has 0 spiro atoms. The van der Waals surface area contributed by atoms with E-state index in [1.54, 1.807) is 7.05 Å². The maximum atomic E-state index is 12.0. The second kappa shape index (κ2) is 4.50. The SMILES string of the molecule is CON(C)C(=O)c1cc2cc(Br)ccc2n1C. The van der Waals surface area contributed by atoms with Crippen molar-refractivity contribution in [1.82, 2.24) is 9.63 Å². The van der Waals surface area contributed by atoms with Crippen LogP contribution in [-0.2, 0) is 11.9 Å². The van der Waals surface area contributed by atoms with E-state index in [1.165, 1.54) is 12.2 Å². The van der Waals surface area contributed by atoms with E-state index in [-0.39, 0.29) is 5.91 Å². The Morgan fingerprint density at radius 3 is 2.76 bits per heavy atom. The zero-order chi connectivity index (χ0) is 12.6. The Morgan fingerprint density at radius 2 is 2.12 bits per heavy atom. The Hall–Kier alpha value is -1.33. The average molecular weight is 297 g/mol. The summed E-state index contributed by atoms with van der Waals surface area (Å²) < 4.78 is 2.86. The van der Waals surface area contributed by atoms with Crippen LogP contribution in [-0.4, -0.2) is 29.7 Å². The monoisotopic (exact) mass is 296 g/mol. The molecule has 0 saturated carbocycles. The van der Waals surface area contributed by atoms with Crippen molar-refractivity contribution in [2.75, 3.05) is 14.2 Å². The molecule has 2 rings (SSSR count). The fraction of sp³-hybridized carbons (Fsp3) is 0.250. The summed E-state index contributed by atoms with van der Waals surface area (Å²) in [6, 6.07) is 7.77. The second-order valence-corrected chi connectivity index (χ2v) is 4.69. The molecule has 4 nitrogen and oxygen atoms in total. The van der Waals surface area contributed by atoms with Crippen LogP contribution in [0.4, 0.5) is 0 Å². The zero-order valence-electron chi connectivity index (χ0n) is 9.90. The predicted octanol–water partition coefficient (Wildman–Crippen LogP) is 2.57. The van der Waals surface area contributed by atoms with Gasteiger partial charge in [0.2, 0.25) is 0 Å². The summed E-state index contributed by atoms with van der Waals surface area (Å²) in [4.78, 5) is 16.9. The number of halogens is 1. The maximum Gasteiger partial charge on any atom is 0.293 e.